The van der Waals surface area contributed by atoms with Crippen LogP contribution in [0.25, 0.3) is 72.4 Å². The molecular weight excluding hydrogens is 533 g/mol. The van der Waals surface area contributed by atoms with Gasteiger partial charge in [0, 0.05) is 37.1 Å². The molecule has 0 aliphatic carbocycles. The lowest BCUT2D eigenvalue weighted by molar-refractivity contribution is 0.953. The molecule has 0 spiro atoms. The van der Waals surface area contributed by atoms with Crippen LogP contribution >= 0.6 is 11.8 Å². The number of para-hydroxylation sites is 1. The zero-order chi connectivity index (χ0) is 27.6. The largest absolute Gasteiger partial charge is 0.278 e. The molecule has 0 fully saturated rings. The minimum Gasteiger partial charge on any atom is -0.278 e. The van der Waals surface area contributed by atoms with Gasteiger partial charge in [0.1, 0.15) is 0 Å². The lowest BCUT2D eigenvalue weighted by Crippen LogP contribution is -2.06. The fraction of sp³-hybridized carbons (Fsp3) is 0. The Hall–Kier alpha value is -5.26. The summed E-state index contributed by atoms with van der Waals surface area (Å²) in [6, 6.07) is 46.6. The first-order valence-electron chi connectivity index (χ1n) is 14.0. The first-order valence-corrected chi connectivity index (χ1v) is 14.8. The van der Waals surface area contributed by atoms with Crippen molar-refractivity contribution < 1.29 is 0 Å². The Morgan fingerprint density at radius 3 is 1.88 bits per heavy atom. The van der Waals surface area contributed by atoms with Gasteiger partial charge in [-0.1, -0.05) is 127 Å². The fourth-order valence-electron chi connectivity index (χ4n) is 6.19. The lowest BCUT2D eigenvalue weighted by Gasteiger charge is -2.21. The molecular formula is C37H22N4S. The Labute approximate surface area is 246 Å². The SMILES string of the molecule is c1ccc(-c2nc(-c3ccccc3)nc(-n3c4ccccc4c4c5c(ccc43)-c3cccc4cccc(c34)S5)n2)cc1. The van der Waals surface area contributed by atoms with Gasteiger partial charge in [0.05, 0.1) is 11.0 Å². The number of fused-ring (bicyclic) bond motifs is 6. The highest BCUT2D eigenvalue weighted by atomic mass is 32.2. The van der Waals surface area contributed by atoms with E-state index in [1.165, 1.54) is 42.5 Å². The molecule has 9 rings (SSSR count). The van der Waals surface area contributed by atoms with E-state index < -0.39 is 0 Å². The number of benzene rings is 6. The van der Waals surface area contributed by atoms with Crippen molar-refractivity contribution in [2.45, 2.75) is 9.79 Å². The van der Waals surface area contributed by atoms with Gasteiger partial charge in [0.25, 0.3) is 0 Å². The number of hydrogen-bond donors (Lipinski definition) is 0. The Kier molecular flexibility index (Phi) is 5.10. The smallest absolute Gasteiger partial charge is 0.238 e. The van der Waals surface area contributed by atoms with E-state index in [4.69, 9.17) is 15.0 Å². The average Bonchev–Trinajstić information content (AvgIpc) is 3.41. The van der Waals surface area contributed by atoms with Crippen LogP contribution in [0.15, 0.2) is 143 Å². The summed E-state index contributed by atoms with van der Waals surface area (Å²) >= 11 is 1.86. The van der Waals surface area contributed by atoms with E-state index in [0.717, 1.165) is 22.2 Å². The fourth-order valence-corrected chi connectivity index (χ4v) is 7.49. The van der Waals surface area contributed by atoms with Crippen LogP contribution < -0.4 is 0 Å². The van der Waals surface area contributed by atoms with Gasteiger partial charge in [-0.2, -0.15) is 9.97 Å². The number of nitrogens with zero attached hydrogens (tertiary/aromatic N) is 4. The molecule has 8 aromatic rings. The zero-order valence-electron chi connectivity index (χ0n) is 22.4. The van der Waals surface area contributed by atoms with E-state index in [9.17, 15) is 0 Å². The highest BCUT2D eigenvalue weighted by Crippen LogP contribution is 2.52. The maximum Gasteiger partial charge on any atom is 0.238 e. The van der Waals surface area contributed by atoms with Crippen LogP contribution in [0.3, 0.4) is 0 Å². The van der Waals surface area contributed by atoms with E-state index >= 15 is 0 Å². The monoisotopic (exact) mass is 554 g/mol. The van der Waals surface area contributed by atoms with Crippen molar-refractivity contribution >= 4 is 44.3 Å². The van der Waals surface area contributed by atoms with Gasteiger partial charge in [-0.05, 0) is 34.7 Å². The second-order valence-electron chi connectivity index (χ2n) is 10.5. The predicted octanol–water partition coefficient (Wildman–Crippen LogP) is 9.59. The van der Waals surface area contributed by atoms with Crippen LogP contribution in [0.1, 0.15) is 0 Å². The van der Waals surface area contributed by atoms with Crippen molar-refractivity contribution in [2.24, 2.45) is 0 Å². The maximum absolute atomic E-state index is 5.09. The van der Waals surface area contributed by atoms with Crippen molar-refractivity contribution in [1.82, 2.24) is 19.5 Å². The summed E-state index contributed by atoms with van der Waals surface area (Å²) in [6.45, 7) is 0. The molecule has 4 nitrogen and oxygen atoms in total. The minimum absolute atomic E-state index is 0.608. The molecule has 0 saturated carbocycles. The van der Waals surface area contributed by atoms with E-state index in [0.29, 0.717) is 17.6 Å². The predicted molar refractivity (Wildman–Crippen MR) is 172 cm³/mol. The molecule has 0 atom stereocenters. The van der Waals surface area contributed by atoms with Gasteiger partial charge < -0.3 is 0 Å². The summed E-state index contributed by atoms with van der Waals surface area (Å²) in [5.74, 6) is 1.91. The Morgan fingerprint density at radius 2 is 1.14 bits per heavy atom. The molecule has 0 bridgehead atoms. The molecule has 0 unspecified atom stereocenters. The first-order chi connectivity index (χ1) is 20.8. The molecule has 3 heterocycles. The van der Waals surface area contributed by atoms with Crippen LogP contribution in [0.4, 0.5) is 0 Å². The molecule has 0 N–H and O–H groups in total. The molecule has 42 heavy (non-hydrogen) atoms. The molecule has 1 aliphatic rings. The summed E-state index contributed by atoms with van der Waals surface area (Å²) in [5.41, 5.74) is 6.62. The Balaban J connectivity index is 1.36. The maximum atomic E-state index is 5.09. The van der Waals surface area contributed by atoms with E-state index in [2.05, 4.69) is 77.4 Å². The van der Waals surface area contributed by atoms with Gasteiger partial charge in [0.15, 0.2) is 11.6 Å². The van der Waals surface area contributed by atoms with Crippen molar-refractivity contribution in [3.63, 3.8) is 0 Å². The second-order valence-corrected chi connectivity index (χ2v) is 11.5. The normalized spacial score (nSPS) is 12.2. The van der Waals surface area contributed by atoms with Crippen LogP contribution in [0.5, 0.6) is 0 Å². The van der Waals surface area contributed by atoms with Crippen molar-refractivity contribution in [2.75, 3.05) is 0 Å². The lowest BCUT2D eigenvalue weighted by atomic mass is 9.96. The first kappa shape index (κ1) is 23.4. The number of aromatic nitrogens is 4. The van der Waals surface area contributed by atoms with Gasteiger partial charge in [0.2, 0.25) is 5.95 Å². The van der Waals surface area contributed by atoms with Crippen molar-refractivity contribution in [3.8, 4) is 39.9 Å². The summed E-state index contributed by atoms with van der Waals surface area (Å²) in [5, 5.41) is 5.02. The van der Waals surface area contributed by atoms with E-state index in [1.807, 2.05) is 72.4 Å². The molecule has 0 saturated heterocycles. The summed E-state index contributed by atoms with van der Waals surface area (Å²) < 4.78 is 2.20. The topological polar surface area (TPSA) is 43.6 Å². The Bertz CT molecular complexity index is 2260. The Morgan fingerprint density at radius 1 is 0.476 bits per heavy atom. The highest BCUT2D eigenvalue weighted by molar-refractivity contribution is 8.00. The second kappa shape index (κ2) is 9.13. The van der Waals surface area contributed by atoms with Gasteiger partial charge >= 0.3 is 0 Å². The number of rotatable bonds is 3. The molecule has 196 valence electrons. The third kappa shape index (κ3) is 3.47. The van der Waals surface area contributed by atoms with Gasteiger partial charge in [-0.25, -0.2) is 4.98 Å². The molecule has 0 amide bonds. The summed E-state index contributed by atoms with van der Waals surface area (Å²) in [6.07, 6.45) is 0. The van der Waals surface area contributed by atoms with Crippen LogP contribution in [0.2, 0.25) is 0 Å². The van der Waals surface area contributed by atoms with E-state index in [-0.39, 0.29) is 0 Å². The quantitative estimate of drug-likeness (QED) is 0.218. The molecule has 6 aromatic carbocycles. The van der Waals surface area contributed by atoms with Crippen LogP contribution in [0, 0.1) is 0 Å². The standard InChI is InChI=1S/C37H22N4S/c1-3-11-24(12-4-1)35-38-36(25-13-5-2-6-14-25)40-37(39-35)41-29-19-8-7-17-28(29)33-30(41)22-21-27-26-18-9-15-23-16-10-20-31(32(23)26)42-34(27)33/h1-22H. The van der Waals surface area contributed by atoms with Gasteiger partial charge in [-0.15, -0.1) is 0 Å². The summed E-state index contributed by atoms with van der Waals surface area (Å²) in [4.78, 5) is 17.7. The summed E-state index contributed by atoms with van der Waals surface area (Å²) in [7, 11) is 0. The molecule has 5 heteroatoms. The van der Waals surface area contributed by atoms with Crippen LogP contribution in [-0.2, 0) is 0 Å². The van der Waals surface area contributed by atoms with Crippen molar-refractivity contribution in [3.05, 3.63) is 133 Å². The molecule has 1 aliphatic heterocycles. The van der Waals surface area contributed by atoms with Crippen LogP contribution in [-0.4, -0.2) is 19.5 Å². The molecule has 2 aromatic heterocycles. The third-order valence-corrected chi connectivity index (χ3v) is 9.24. The minimum atomic E-state index is 0.608. The highest BCUT2D eigenvalue weighted by Gasteiger charge is 2.25. The molecule has 0 radical (unpaired) electrons. The third-order valence-electron chi connectivity index (χ3n) is 8.05. The number of hydrogen-bond acceptors (Lipinski definition) is 4. The van der Waals surface area contributed by atoms with Gasteiger partial charge in [-0.3, -0.25) is 4.57 Å². The van der Waals surface area contributed by atoms with E-state index in [1.54, 1.807) is 0 Å². The van der Waals surface area contributed by atoms with Crippen molar-refractivity contribution in [1.29, 1.82) is 0 Å². The average molecular weight is 555 g/mol. The zero-order valence-corrected chi connectivity index (χ0v) is 23.2.